The minimum atomic E-state index is 0.861. The van der Waals surface area contributed by atoms with Crippen LogP contribution in [-0.2, 0) is 39.8 Å². The monoisotopic (exact) mass is 286 g/mol. The molecule has 2 aliphatic carbocycles. The number of nitrogens with zero attached hydrogens (tertiary/aromatic N) is 3. The normalized spacial score (nSPS) is 16.7. The molecule has 0 unspecified atom stereocenters. The molecule has 2 heterocycles. The lowest BCUT2D eigenvalue weighted by molar-refractivity contribution is 0.648. The van der Waals surface area contributed by atoms with Crippen molar-refractivity contribution < 1.29 is 0 Å². The molecule has 0 atom stereocenters. The Morgan fingerprint density at radius 1 is 1.00 bits per heavy atom. The summed E-state index contributed by atoms with van der Waals surface area (Å²) >= 11 is 0. The topological polar surface area (TPSA) is 48.8 Å². The summed E-state index contributed by atoms with van der Waals surface area (Å²) < 4.78 is 4.05. The molecule has 2 N–H and O–H groups in total. The predicted molar refractivity (Wildman–Crippen MR) is 86.3 cm³/mol. The molecule has 0 spiro atoms. The second-order valence-corrected chi connectivity index (χ2v) is 6.25. The van der Waals surface area contributed by atoms with E-state index in [0.29, 0.717) is 0 Å². The highest BCUT2D eigenvalue weighted by Crippen LogP contribution is 2.24. The van der Waals surface area contributed by atoms with Crippen LogP contribution in [0.2, 0.25) is 0 Å². The van der Waals surface area contributed by atoms with E-state index in [1.54, 1.807) is 15.9 Å². The molecule has 0 saturated carbocycles. The van der Waals surface area contributed by atoms with Gasteiger partial charge in [-0.2, -0.15) is 5.10 Å². The Morgan fingerprint density at radius 2 is 1.71 bits per heavy atom. The van der Waals surface area contributed by atoms with Gasteiger partial charge < -0.3 is 10.3 Å². The van der Waals surface area contributed by atoms with Crippen LogP contribution in [0.4, 0.5) is 5.82 Å². The van der Waals surface area contributed by atoms with Crippen LogP contribution in [0.25, 0.3) is 0 Å². The Labute approximate surface area is 126 Å². The molecule has 21 heavy (non-hydrogen) atoms. The van der Waals surface area contributed by atoms with E-state index in [1.165, 1.54) is 49.8 Å². The molecule has 2 aromatic heterocycles. The lowest BCUT2D eigenvalue weighted by Gasteiger charge is -2.12. The molecule has 0 fully saturated rings. The lowest BCUT2D eigenvalue weighted by Crippen LogP contribution is -2.04. The lowest BCUT2D eigenvalue weighted by atomic mass is 9.98. The van der Waals surface area contributed by atoms with E-state index in [9.17, 15) is 0 Å². The maximum Gasteiger partial charge on any atom is 0.124 e. The van der Waals surface area contributed by atoms with Gasteiger partial charge in [0.1, 0.15) is 5.82 Å². The molecule has 4 rings (SSSR count). The molecule has 0 amide bonds. The number of fused-ring (bicyclic) bond motifs is 2. The van der Waals surface area contributed by atoms with Crippen LogP contribution in [-0.4, -0.2) is 14.3 Å². The van der Waals surface area contributed by atoms with Crippen LogP contribution in [0.1, 0.15) is 48.2 Å². The van der Waals surface area contributed by atoms with Crippen molar-refractivity contribution in [3.8, 4) is 0 Å². The minimum Gasteiger partial charge on any atom is -0.384 e. The Balaban J connectivity index is 0.000000126. The van der Waals surface area contributed by atoms with E-state index >= 15 is 0 Å². The van der Waals surface area contributed by atoms with Gasteiger partial charge in [0.2, 0.25) is 0 Å². The van der Waals surface area contributed by atoms with Crippen molar-refractivity contribution in [1.29, 1.82) is 0 Å². The number of hydrogen-bond acceptors (Lipinski definition) is 2. The molecule has 4 heteroatoms. The van der Waals surface area contributed by atoms with E-state index in [0.717, 1.165) is 18.7 Å². The summed E-state index contributed by atoms with van der Waals surface area (Å²) in [4.78, 5) is 0. The van der Waals surface area contributed by atoms with Crippen LogP contribution in [0, 0.1) is 0 Å². The van der Waals surface area contributed by atoms with Crippen molar-refractivity contribution >= 4 is 5.82 Å². The van der Waals surface area contributed by atoms with Gasteiger partial charge in [0, 0.05) is 31.5 Å². The van der Waals surface area contributed by atoms with Gasteiger partial charge in [0.25, 0.3) is 0 Å². The number of aryl methyl sites for hydroxylation is 4. The summed E-state index contributed by atoms with van der Waals surface area (Å²) in [5.74, 6) is 0.861. The molecule has 4 nitrogen and oxygen atoms in total. The third-order valence-electron chi connectivity index (χ3n) is 4.77. The molecule has 0 saturated heterocycles. The van der Waals surface area contributed by atoms with Gasteiger partial charge in [-0.05, 0) is 63.0 Å². The first-order valence-electron chi connectivity index (χ1n) is 8.10. The maximum absolute atomic E-state index is 5.82. The summed E-state index contributed by atoms with van der Waals surface area (Å²) in [5, 5.41) is 4.34. The second kappa shape index (κ2) is 5.96. The molecule has 0 aliphatic heterocycles. The zero-order chi connectivity index (χ0) is 14.8. The highest BCUT2D eigenvalue weighted by Gasteiger charge is 2.16. The summed E-state index contributed by atoms with van der Waals surface area (Å²) in [5.41, 5.74) is 11.5. The Kier molecular flexibility index (Phi) is 4.04. The smallest absolute Gasteiger partial charge is 0.124 e. The standard InChI is InChI=1S/C9H13N.C8H13N3/c1-10-7-6-8-4-2-3-5-9(8)10;1-11-8(9)6-4-2-3-5-7(6)10-11/h6-7H,2-5H2,1H3;2-5,9H2,1H3. The first kappa shape index (κ1) is 14.2. The third-order valence-corrected chi connectivity index (χ3v) is 4.77. The van der Waals surface area contributed by atoms with E-state index in [2.05, 4.69) is 29.0 Å². The molecule has 114 valence electrons. The van der Waals surface area contributed by atoms with E-state index in [-0.39, 0.29) is 0 Å². The van der Waals surface area contributed by atoms with Crippen LogP contribution < -0.4 is 5.73 Å². The molecule has 2 aromatic rings. The molecule has 0 aromatic carbocycles. The largest absolute Gasteiger partial charge is 0.384 e. The summed E-state index contributed by atoms with van der Waals surface area (Å²) in [6.45, 7) is 0. The van der Waals surface area contributed by atoms with Crippen molar-refractivity contribution in [2.24, 2.45) is 14.1 Å². The predicted octanol–water partition coefficient (Wildman–Crippen LogP) is 2.79. The van der Waals surface area contributed by atoms with Crippen LogP contribution >= 0.6 is 0 Å². The quantitative estimate of drug-likeness (QED) is 0.809. The minimum absolute atomic E-state index is 0.861. The van der Waals surface area contributed by atoms with Gasteiger partial charge in [0.05, 0.1) is 5.69 Å². The number of nitrogens with two attached hydrogens (primary N) is 1. The van der Waals surface area contributed by atoms with Crippen molar-refractivity contribution in [3.05, 3.63) is 34.8 Å². The molecular formula is C17H26N4. The summed E-state index contributed by atoms with van der Waals surface area (Å²) in [7, 11) is 4.05. The fraction of sp³-hybridized carbons (Fsp3) is 0.588. The third kappa shape index (κ3) is 2.85. The van der Waals surface area contributed by atoms with Crippen LogP contribution in [0.5, 0.6) is 0 Å². The highest BCUT2D eigenvalue weighted by molar-refractivity contribution is 5.44. The van der Waals surface area contributed by atoms with Crippen molar-refractivity contribution in [3.63, 3.8) is 0 Å². The average Bonchev–Trinajstić information content (AvgIpc) is 3.02. The molecular weight excluding hydrogens is 260 g/mol. The van der Waals surface area contributed by atoms with Gasteiger partial charge in [-0.25, -0.2) is 0 Å². The second-order valence-electron chi connectivity index (χ2n) is 6.25. The Hall–Kier alpha value is -1.71. The molecule has 2 aliphatic rings. The average molecular weight is 286 g/mol. The van der Waals surface area contributed by atoms with Crippen LogP contribution in [0.3, 0.4) is 0 Å². The number of hydrogen-bond donors (Lipinski definition) is 1. The SMILES string of the molecule is Cn1ccc2c1CCCC2.Cn1nc2c(c1N)CCCC2. The van der Waals surface area contributed by atoms with Crippen molar-refractivity contribution in [1.82, 2.24) is 14.3 Å². The van der Waals surface area contributed by atoms with Gasteiger partial charge in [-0.3, -0.25) is 4.68 Å². The molecule has 0 bridgehead atoms. The van der Waals surface area contributed by atoms with E-state index in [1.807, 2.05) is 7.05 Å². The number of nitrogen functional groups attached to an aromatic ring is 1. The number of rotatable bonds is 0. The van der Waals surface area contributed by atoms with E-state index in [4.69, 9.17) is 5.73 Å². The van der Waals surface area contributed by atoms with Crippen molar-refractivity contribution in [2.75, 3.05) is 5.73 Å². The zero-order valence-corrected chi connectivity index (χ0v) is 13.2. The van der Waals surface area contributed by atoms with Gasteiger partial charge in [-0.15, -0.1) is 0 Å². The number of aromatic nitrogens is 3. The maximum atomic E-state index is 5.82. The van der Waals surface area contributed by atoms with Gasteiger partial charge in [-0.1, -0.05) is 0 Å². The zero-order valence-electron chi connectivity index (χ0n) is 13.2. The fourth-order valence-electron chi connectivity index (χ4n) is 3.49. The van der Waals surface area contributed by atoms with E-state index < -0.39 is 0 Å². The number of anilines is 1. The molecule has 0 radical (unpaired) electrons. The summed E-state index contributed by atoms with van der Waals surface area (Å²) in [6, 6.07) is 2.26. The Morgan fingerprint density at radius 3 is 2.48 bits per heavy atom. The first-order valence-corrected chi connectivity index (χ1v) is 8.10. The van der Waals surface area contributed by atoms with Crippen molar-refractivity contribution in [2.45, 2.75) is 51.4 Å². The van der Waals surface area contributed by atoms with Gasteiger partial charge >= 0.3 is 0 Å². The van der Waals surface area contributed by atoms with Gasteiger partial charge in [0.15, 0.2) is 0 Å². The summed E-state index contributed by atoms with van der Waals surface area (Å²) in [6.07, 6.45) is 12.3. The fourth-order valence-corrected chi connectivity index (χ4v) is 3.49. The highest BCUT2D eigenvalue weighted by atomic mass is 15.3. The van der Waals surface area contributed by atoms with Crippen LogP contribution in [0.15, 0.2) is 12.3 Å². The first-order chi connectivity index (χ1) is 10.2. The Bertz CT molecular complexity index is 621.